The van der Waals surface area contributed by atoms with Gasteiger partial charge < -0.3 is 15.2 Å². The molecule has 1 saturated heterocycles. The minimum atomic E-state index is 0.204. The van der Waals surface area contributed by atoms with Crippen LogP contribution in [0.2, 0.25) is 0 Å². The molecule has 2 aliphatic rings. The molecule has 2 aromatic rings. The molecule has 2 N–H and O–H groups in total. The lowest BCUT2D eigenvalue weighted by atomic mass is 10.1. The molecule has 0 radical (unpaired) electrons. The van der Waals surface area contributed by atoms with Gasteiger partial charge in [0.25, 0.3) is 0 Å². The number of rotatable bonds is 4. The van der Waals surface area contributed by atoms with Crippen molar-refractivity contribution in [3.8, 4) is 11.4 Å². The highest BCUT2D eigenvalue weighted by atomic mass is 16.2. The molecular formula is C18H23N5O. The number of anilines is 1. The Hall–Kier alpha value is -2.37. The molecule has 6 nitrogen and oxygen atoms in total. The van der Waals surface area contributed by atoms with Crippen molar-refractivity contribution < 1.29 is 4.79 Å². The molecular weight excluding hydrogens is 302 g/mol. The van der Waals surface area contributed by atoms with Gasteiger partial charge in [0.1, 0.15) is 0 Å². The van der Waals surface area contributed by atoms with Gasteiger partial charge in [-0.15, -0.1) is 0 Å². The Bertz CT molecular complexity index is 693. The van der Waals surface area contributed by atoms with Crippen molar-refractivity contribution in [1.82, 2.24) is 20.3 Å². The van der Waals surface area contributed by atoms with Gasteiger partial charge in [-0.25, -0.2) is 9.97 Å². The molecule has 1 aliphatic heterocycles. The molecule has 0 spiro atoms. The van der Waals surface area contributed by atoms with Gasteiger partial charge >= 0.3 is 0 Å². The lowest BCUT2D eigenvalue weighted by Crippen LogP contribution is -2.40. The molecule has 24 heavy (non-hydrogen) atoms. The van der Waals surface area contributed by atoms with Crippen LogP contribution >= 0.6 is 0 Å². The normalized spacial score (nSPS) is 21.3. The van der Waals surface area contributed by atoms with Crippen molar-refractivity contribution >= 4 is 11.9 Å². The minimum Gasteiger partial charge on any atom is -0.360 e. The summed E-state index contributed by atoms with van der Waals surface area (Å²) in [5, 5.41) is 3.22. The topological polar surface area (TPSA) is 73.9 Å². The van der Waals surface area contributed by atoms with Gasteiger partial charge in [-0.1, -0.05) is 12.8 Å². The van der Waals surface area contributed by atoms with E-state index in [0.717, 1.165) is 49.7 Å². The summed E-state index contributed by atoms with van der Waals surface area (Å²) in [4.78, 5) is 26.7. The molecule has 1 aliphatic carbocycles. The third kappa shape index (κ3) is 3.13. The molecule has 0 aromatic carbocycles. The van der Waals surface area contributed by atoms with Gasteiger partial charge in [0.15, 0.2) is 0 Å². The van der Waals surface area contributed by atoms with Crippen molar-refractivity contribution in [2.75, 3.05) is 18.0 Å². The van der Waals surface area contributed by atoms with E-state index in [1.165, 1.54) is 12.8 Å². The quantitative estimate of drug-likeness (QED) is 0.905. The van der Waals surface area contributed by atoms with Crippen LogP contribution in [0.4, 0.5) is 5.95 Å². The zero-order valence-electron chi connectivity index (χ0n) is 13.7. The molecule has 1 atom stereocenters. The molecule has 4 rings (SSSR count). The molecule has 1 amide bonds. The fourth-order valence-corrected chi connectivity index (χ4v) is 3.71. The maximum atomic E-state index is 12.3. The van der Waals surface area contributed by atoms with Crippen LogP contribution in [-0.2, 0) is 4.79 Å². The Balaban J connectivity index is 1.39. The smallest absolute Gasteiger partial charge is 0.225 e. The SMILES string of the molecule is O=C(NC1CCN(c2nccc(-c3ccc[nH]3)n2)C1)C1CCCC1. The number of aromatic amines is 1. The second-order valence-corrected chi connectivity index (χ2v) is 6.75. The minimum absolute atomic E-state index is 0.204. The van der Waals surface area contributed by atoms with E-state index in [-0.39, 0.29) is 17.9 Å². The Morgan fingerprint density at radius 1 is 1.25 bits per heavy atom. The van der Waals surface area contributed by atoms with Gasteiger partial charge in [0.2, 0.25) is 11.9 Å². The summed E-state index contributed by atoms with van der Waals surface area (Å²) in [5.41, 5.74) is 1.88. The monoisotopic (exact) mass is 325 g/mol. The Kier molecular flexibility index (Phi) is 4.19. The summed E-state index contributed by atoms with van der Waals surface area (Å²) in [5.74, 6) is 1.20. The number of hydrogen-bond acceptors (Lipinski definition) is 4. The number of nitrogens with zero attached hydrogens (tertiary/aromatic N) is 3. The van der Waals surface area contributed by atoms with E-state index in [1.807, 2.05) is 24.4 Å². The molecule has 2 fully saturated rings. The Labute approximate surface area is 141 Å². The molecule has 2 aromatic heterocycles. The number of amides is 1. The lowest BCUT2D eigenvalue weighted by molar-refractivity contribution is -0.125. The van der Waals surface area contributed by atoms with Gasteiger partial charge in [-0.2, -0.15) is 0 Å². The zero-order chi connectivity index (χ0) is 16.4. The highest BCUT2D eigenvalue weighted by Crippen LogP contribution is 2.26. The van der Waals surface area contributed by atoms with Crippen LogP contribution in [0.5, 0.6) is 0 Å². The Morgan fingerprint density at radius 3 is 2.92 bits per heavy atom. The molecule has 126 valence electrons. The fourth-order valence-electron chi connectivity index (χ4n) is 3.71. The summed E-state index contributed by atoms with van der Waals surface area (Å²) in [7, 11) is 0. The van der Waals surface area contributed by atoms with Crippen LogP contribution in [0.25, 0.3) is 11.4 Å². The highest BCUT2D eigenvalue weighted by Gasteiger charge is 2.29. The van der Waals surface area contributed by atoms with Crippen LogP contribution < -0.4 is 10.2 Å². The van der Waals surface area contributed by atoms with E-state index >= 15 is 0 Å². The Morgan fingerprint density at radius 2 is 2.12 bits per heavy atom. The fraction of sp³-hybridized carbons (Fsp3) is 0.500. The van der Waals surface area contributed by atoms with E-state index in [2.05, 4.69) is 25.2 Å². The van der Waals surface area contributed by atoms with Crippen molar-refractivity contribution in [3.05, 3.63) is 30.6 Å². The van der Waals surface area contributed by atoms with Crippen molar-refractivity contribution in [3.63, 3.8) is 0 Å². The first kappa shape index (κ1) is 15.2. The molecule has 1 unspecified atom stereocenters. The van der Waals surface area contributed by atoms with E-state index in [0.29, 0.717) is 0 Å². The van der Waals surface area contributed by atoms with Crippen LogP contribution in [0, 0.1) is 5.92 Å². The van der Waals surface area contributed by atoms with Gasteiger partial charge in [0.05, 0.1) is 11.4 Å². The standard InChI is InChI=1S/C18H23N5O/c24-17(13-4-1-2-5-13)21-14-8-11-23(12-14)18-20-10-7-16(22-18)15-6-3-9-19-15/h3,6-7,9-10,13-14,19H,1-2,4-5,8,11-12H2,(H,21,24). The number of H-pyrrole nitrogens is 1. The number of nitrogens with one attached hydrogen (secondary N) is 2. The van der Waals surface area contributed by atoms with Crippen LogP contribution in [0.3, 0.4) is 0 Å². The zero-order valence-corrected chi connectivity index (χ0v) is 13.7. The van der Waals surface area contributed by atoms with Crippen molar-refractivity contribution in [2.24, 2.45) is 5.92 Å². The number of hydrogen-bond donors (Lipinski definition) is 2. The summed E-state index contributed by atoms with van der Waals surface area (Å²) in [6.45, 7) is 1.66. The van der Waals surface area contributed by atoms with Crippen molar-refractivity contribution in [1.29, 1.82) is 0 Å². The van der Waals surface area contributed by atoms with Gasteiger partial charge in [-0.05, 0) is 37.5 Å². The van der Waals surface area contributed by atoms with E-state index in [9.17, 15) is 4.79 Å². The number of carbonyl (C=O) groups excluding carboxylic acids is 1. The second-order valence-electron chi connectivity index (χ2n) is 6.75. The summed E-state index contributed by atoms with van der Waals surface area (Å²) in [6, 6.07) is 6.07. The first-order chi connectivity index (χ1) is 11.8. The molecule has 3 heterocycles. The van der Waals surface area contributed by atoms with Crippen LogP contribution in [-0.4, -0.2) is 40.0 Å². The summed E-state index contributed by atoms with van der Waals surface area (Å²) >= 11 is 0. The molecule has 0 bridgehead atoms. The maximum Gasteiger partial charge on any atom is 0.225 e. The first-order valence-corrected chi connectivity index (χ1v) is 8.82. The maximum absolute atomic E-state index is 12.3. The van der Waals surface area contributed by atoms with Crippen LogP contribution in [0.1, 0.15) is 32.1 Å². The van der Waals surface area contributed by atoms with Crippen molar-refractivity contribution in [2.45, 2.75) is 38.1 Å². The highest BCUT2D eigenvalue weighted by molar-refractivity contribution is 5.79. The van der Waals surface area contributed by atoms with E-state index in [1.54, 1.807) is 6.20 Å². The van der Waals surface area contributed by atoms with E-state index in [4.69, 9.17) is 0 Å². The predicted octanol–water partition coefficient (Wildman–Crippen LogP) is 2.36. The molecule has 1 saturated carbocycles. The molecule has 6 heteroatoms. The average molecular weight is 325 g/mol. The van der Waals surface area contributed by atoms with Crippen LogP contribution in [0.15, 0.2) is 30.6 Å². The van der Waals surface area contributed by atoms with E-state index < -0.39 is 0 Å². The third-order valence-electron chi connectivity index (χ3n) is 5.06. The summed E-state index contributed by atoms with van der Waals surface area (Å²) in [6.07, 6.45) is 9.11. The number of aromatic nitrogens is 3. The van der Waals surface area contributed by atoms with Gasteiger partial charge in [0, 0.05) is 37.4 Å². The number of carbonyl (C=O) groups is 1. The first-order valence-electron chi connectivity index (χ1n) is 8.82. The average Bonchev–Trinajstić information content (AvgIpc) is 3.36. The predicted molar refractivity (Wildman–Crippen MR) is 92.5 cm³/mol. The van der Waals surface area contributed by atoms with Gasteiger partial charge in [-0.3, -0.25) is 4.79 Å². The third-order valence-corrected chi connectivity index (χ3v) is 5.06. The largest absolute Gasteiger partial charge is 0.360 e. The lowest BCUT2D eigenvalue weighted by Gasteiger charge is -2.18. The summed E-state index contributed by atoms with van der Waals surface area (Å²) < 4.78 is 0. The second kappa shape index (κ2) is 6.63.